The van der Waals surface area contributed by atoms with Crippen LogP contribution in [0, 0.1) is 11.8 Å². The molecule has 3 aliphatic rings. The van der Waals surface area contributed by atoms with Crippen LogP contribution in [0.3, 0.4) is 0 Å². The zero-order chi connectivity index (χ0) is 25.9. The van der Waals surface area contributed by atoms with Gasteiger partial charge in [0, 0.05) is 38.1 Å². The highest BCUT2D eigenvalue weighted by Gasteiger charge is 2.42. The molecular weight excluding hydrogens is 464 g/mol. The Labute approximate surface area is 220 Å². The molecule has 1 aromatic heterocycles. The molecule has 8 nitrogen and oxygen atoms in total. The zero-order valence-corrected chi connectivity index (χ0v) is 22.4. The van der Waals surface area contributed by atoms with Crippen molar-refractivity contribution in [3.8, 4) is 5.75 Å². The third kappa shape index (κ3) is 5.76. The van der Waals surface area contributed by atoms with E-state index in [-0.39, 0.29) is 17.9 Å². The van der Waals surface area contributed by atoms with Gasteiger partial charge in [-0.3, -0.25) is 15.1 Å². The molecule has 1 saturated heterocycles. The number of amides is 1. The molecule has 0 spiro atoms. The lowest BCUT2D eigenvalue weighted by atomic mass is 9.73. The van der Waals surface area contributed by atoms with Gasteiger partial charge in [-0.25, -0.2) is 10.4 Å². The lowest BCUT2D eigenvalue weighted by Gasteiger charge is -2.33. The molecule has 0 radical (unpaired) electrons. The van der Waals surface area contributed by atoms with Gasteiger partial charge >= 0.3 is 0 Å². The number of rotatable bonds is 8. The molecule has 1 amide bonds. The number of aromatic amines is 1. The van der Waals surface area contributed by atoms with Crippen LogP contribution in [0.15, 0.2) is 30.5 Å². The maximum absolute atomic E-state index is 11.8. The summed E-state index contributed by atoms with van der Waals surface area (Å²) in [5.74, 6) is 2.56. The van der Waals surface area contributed by atoms with Crippen LogP contribution in [-0.4, -0.2) is 58.1 Å². The van der Waals surface area contributed by atoms with Gasteiger partial charge in [-0.15, -0.1) is 0 Å². The minimum absolute atomic E-state index is 0.0329. The summed E-state index contributed by atoms with van der Waals surface area (Å²) in [7, 11) is 0. The van der Waals surface area contributed by atoms with Crippen molar-refractivity contribution in [2.24, 2.45) is 11.8 Å². The number of aryl methyl sites for hydroxylation is 1. The number of carbonyl (C=O) groups excluding carboxylic acids is 1. The molecule has 4 unspecified atom stereocenters. The van der Waals surface area contributed by atoms with Crippen LogP contribution in [0.2, 0.25) is 0 Å². The van der Waals surface area contributed by atoms with Crippen molar-refractivity contribution in [1.29, 1.82) is 0 Å². The number of aromatic nitrogens is 2. The van der Waals surface area contributed by atoms with Crippen LogP contribution < -0.4 is 16.2 Å². The Morgan fingerprint density at radius 2 is 2.14 bits per heavy atom. The van der Waals surface area contributed by atoms with E-state index in [4.69, 9.17) is 4.98 Å². The number of aromatic hydroxyl groups is 1. The first kappa shape index (κ1) is 25.9. The number of phenolic OH excluding ortho intramolecular Hbond substituents is 1. The third-order valence-electron chi connectivity index (χ3n) is 8.48. The van der Waals surface area contributed by atoms with Crippen molar-refractivity contribution in [3.63, 3.8) is 0 Å². The van der Waals surface area contributed by atoms with Gasteiger partial charge < -0.3 is 15.4 Å². The number of H-pyrrole nitrogens is 1. The van der Waals surface area contributed by atoms with Crippen LogP contribution in [0.4, 0.5) is 0 Å². The fourth-order valence-electron chi connectivity index (χ4n) is 6.27. The summed E-state index contributed by atoms with van der Waals surface area (Å²) in [5, 5.41) is 12.9. The SMILES string of the molecule is CCc1cc(O)ccc1C1CCC2C(C1)NNC2c1ncc(C2=CCN(CCNC(=O)C(C)C)CC2)[nH]1. The highest BCUT2D eigenvalue weighted by Crippen LogP contribution is 2.44. The number of carbonyl (C=O) groups is 1. The van der Waals surface area contributed by atoms with E-state index in [1.165, 1.54) is 16.7 Å². The summed E-state index contributed by atoms with van der Waals surface area (Å²) in [5.41, 5.74) is 12.2. The second-order valence-electron chi connectivity index (χ2n) is 11.2. The van der Waals surface area contributed by atoms with E-state index in [1.807, 2.05) is 32.2 Å². The lowest BCUT2D eigenvalue weighted by Crippen LogP contribution is -2.38. The first-order valence-electron chi connectivity index (χ1n) is 14.0. The van der Waals surface area contributed by atoms with Crippen LogP contribution in [0.5, 0.6) is 5.75 Å². The minimum Gasteiger partial charge on any atom is -0.508 e. The van der Waals surface area contributed by atoms with Crippen molar-refractivity contribution >= 4 is 11.5 Å². The average Bonchev–Trinajstić information content (AvgIpc) is 3.56. The number of nitrogens with one attached hydrogen (secondary N) is 4. The van der Waals surface area contributed by atoms with Crippen molar-refractivity contribution in [1.82, 2.24) is 31.0 Å². The Kier molecular flexibility index (Phi) is 7.98. The fraction of sp³-hybridized carbons (Fsp3) is 0.586. The second-order valence-corrected chi connectivity index (χ2v) is 11.2. The number of hydrogen-bond donors (Lipinski definition) is 5. The average molecular weight is 507 g/mol. The number of hydrazine groups is 1. The predicted octanol–water partition coefficient (Wildman–Crippen LogP) is 3.64. The van der Waals surface area contributed by atoms with Crippen molar-refractivity contribution in [3.05, 3.63) is 53.1 Å². The molecule has 5 rings (SSSR count). The summed E-state index contributed by atoms with van der Waals surface area (Å²) < 4.78 is 0. The summed E-state index contributed by atoms with van der Waals surface area (Å²) in [4.78, 5) is 22.6. The minimum atomic E-state index is 0.0329. The van der Waals surface area contributed by atoms with Crippen LogP contribution >= 0.6 is 0 Å². The topological polar surface area (TPSA) is 105 Å². The van der Waals surface area contributed by atoms with Crippen molar-refractivity contribution < 1.29 is 9.90 Å². The van der Waals surface area contributed by atoms with Crippen LogP contribution in [0.1, 0.15) is 81.1 Å². The Morgan fingerprint density at radius 3 is 2.89 bits per heavy atom. The molecule has 8 heteroatoms. The quantitative estimate of drug-likeness (QED) is 0.374. The molecule has 0 bridgehead atoms. The van der Waals surface area contributed by atoms with Crippen LogP contribution in [0.25, 0.3) is 5.57 Å². The van der Waals surface area contributed by atoms with Gasteiger partial charge in [-0.2, -0.15) is 0 Å². The normalized spacial score (nSPS) is 26.2. The van der Waals surface area contributed by atoms with Gasteiger partial charge in [-0.1, -0.05) is 32.9 Å². The number of benzene rings is 1. The molecule has 1 saturated carbocycles. The van der Waals surface area contributed by atoms with Gasteiger partial charge in [0.05, 0.1) is 17.9 Å². The number of phenols is 1. The monoisotopic (exact) mass is 506 g/mol. The number of imidazole rings is 1. The Morgan fingerprint density at radius 1 is 1.27 bits per heavy atom. The van der Waals surface area contributed by atoms with E-state index < -0.39 is 0 Å². The molecule has 1 aromatic carbocycles. The molecule has 5 N–H and O–H groups in total. The molecule has 200 valence electrons. The standard InChI is InChI=1S/C29H42N6O2/c1-4-19-15-22(36)6-8-23(19)21-5-7-24-25(16-21)33-34-27(24)28-31-17-26(32-28)20-9-12-35(13-10-20)14-11-30-29(37)18(2)3/h6,8-9,15,17-18,21,24-25,27,33-34,36H,4-5,7,10-14,16H2,1-3H3,(H,30,37)(H,31,32). The van der Waals surface area contributed by atoms with Gasteiger partial charge in [0.1, 0.15) is 11.6 Å². The molecule has 37 heavy (non-hydrogen) atoms. The first-order chi connectivity index (χ1) is 17.9. The van der Waals surface area contributed by atoms with E-state index in [1.54, 1.807) is 0 Å². The van der Waals surface area contributed by atoms with E-state index in [9.17, 15) is 9.90 Å². The largest absolute Gasteiger partial charge is 0.508 e. The van der Waals surface area contributed by atoms with Crippen molar-refractivity contribution in [2.75, 3.05) is 26.2 Å². The third-order valence-corrected chi connectivity index (χ3v) is 8.48. The predicted molar refractivity (Wildman–Crippen MR) is 146 cm³/mol. The van der Waals surface area contributed by atoms with E-state index in [0.717, 1.165) is 63.3 Å². The highest BCUT2D eigenvalue weighted by molar-refractivity contribution is 5.77. The number of hydrogen-bond acceptors (Lipinski definition) is 6. The number of fused-ring (bicyclic) bond motifs is 1. The summed E-state index contributed by atoms with van der Waals surface area (Å²) in [6.45, 7) is 9.47. The zero-order valence-electron chi connectivity index (χ0n) is 22.4. The summed E-state index contributed by atoms with van der Waals surface area (Å²) in [6, 6.07) is 6.49. The van der Waals surface area contributed by atoms with E-state index in [0.29, 0.717) is 30.2 Å². The molecule has 4 atom stereocenters. The summed E-state index contributed by atoms with van der Waals surface area (Å²) in [6.07, 6.45) is 9.61. The summed E-state index contributed by atoms with van der Waals surface area (Å²) >= 11 is 0. The molecule has 3 heterocycles. The maximum atomic E-state index is 11.8. The van der Waals surface area contributed by atoms with E-state index in [2.05, 4.69) is 45.1 Å². The smallest absolute Gasteiger partial charge is 0.222 e. The van der Waals surface area contributed by atoms with Crippen molar-refractivity contribution in [2.45, 2.75) is 70.9 Å². The molecule has 1 aliphatic carbocycles. The molecule has 2 fully saturated rings. The van der Waals surface area contributed by atoms with Gasteiger partial charge in [0.15, 0.2) is 0 Å². The fourth-order valence-corrected chi connectivity index (χ4v) is 6.27. The first-order valence-corrected chi connectivity index (χ1v) is 14.0. The molecule has 2 aromatic rings. The molecular formula is C29H42N6O2. The maximum Gasteiger partial charge on any atom is 0.222 e. The van der Waals surface area contributed by atoms with Gasteiger partial charge in [0.25, 0.3) is 0 Å². The second kappa shape index (κ2) is 11.4. The van der Waals surface area contributed by atoms with Gasteiger partial charge in [-0.05, 0) is 72.8 Å². The van der Waals surface area contributed by atoms with Gasteiger partial charge in [0.2, 0.25) is 5.91 Å². The number of nitrogens with zero attached hydrogens (tertiary/aromatic N) is 2. The Bertz CT molecular complexity index is 1130. The Balaban J connectivity index is 1.16. The molecule has 2 aliphatic heterocycles. The van der Waals surface area contributed by atoms with E-state index >= 15 is 0 Å². The highest BCUT2D eigenvalue weighted by atomic mass is 16.3. The Hall–Kier alpha value is -2.68. The lowest BCUT2D eigenvalue weighted by molar-refractivity contribution is -0.124. The van der Waals surface area contributed by atoms with Crippen LogP contribution in [-0.2, 0) is 11.2 Å².